The first-order chi connectivity index (χ1) is 26.0. The van der Waals surface area contributed by atoms with Gasteiger partial charge in [-0.3, -0.25) is 4.98 Å². The first-order valence-electron chi connectivity index (χ1n) is 18.6. The molecule has 2 aliphatic carbocycles. The molecule has 8 aromatic rings. The molecule has 254 valence electrons. The Morgan fingerprint density at radius 2 is 1.30 bits per heavy atom. The summed E-state index contributed by atoms with van der Waals surface area (Å²) < 4.78 is 2.45. The summed E-state index contributed by atoms with van der Waals surface area (Å²) in [5.41, 5.74) is 17.2. The van der Waals surface area contributed by atoms with E-state index in [1.54, 1.807) is 0 Å². The van der Waals surface area contributed by atoms with Crippen molar-refractivity contribution in [3.8, 4) is 33.4 Å². The van der Waals surface area contributed by atoms with Crippen LogP contribution in [-0.2, 0) is 5.41 Å². The fourth-order valence-corrected chi connectivity index (χ4v) is 8.68. The van der Waals surface area contributed by atoms with Crippen LogP contribution in [0.25, 0.3) is 60.9 Å². The Morgan fingerprint density at radius 3 is 2.15 bits per heavy atom. The zero-order valence-corrected chi connectivity index (χ0v) is 30.0. The molecule has 2 aliphatic rings. The molecule has 2 aromatic heterocycles. The topological polar surface area (TPSA) is 21.1 Å². The lowest BCUT2D eigenvalue weighted by Gasteiger charge is -2.28. The van der Waals surface area contributed by atoms with Crippen molar-refractivity contribution in [1.29, 1.82) is 0 Å². The Morgan fingerprint density at radius 1 is 0.566 bits per heavy atom. The van der Waals surface area contributed by atoms with Crippen LogP contribution in [0.1, 0.15) is 37.8 Å². The molecule has 3 nitrogen and oxygen atoms in total. The van der Waals surface area contributed by atoms with E-state index in [4.69, 9.17) is 0 Å². The molecule has 6 aromatic carbocycles. The zero-order chi connectivity index (χ0) is 35.5. The van der Waals surface area contributed by atoms with Crippen LogP contribution in [0.15, 0.2) is 176 Å². The van der Waals surface area contributed by atoms with E-state index in [-0.39, 0.29) is 5.41 Å². The summed E-state index contributed by atoms with van der Waals surface area (Å²) in [6.45, 7) is 4.70. The maximum Gasteiger partial charge on any atom is 0.0538 e. The number of hydrogen-bond acceptors (Lipinski definition) is 2. The molecule has 0 radical (unpaired) electrons. The minimum Gasteiger partial charge on any atom is -0.313 e. The summed E-state index contributed by atoms with van der Waals surface area (Å²) in [7, 11) is 0. The molecule has 0 N–H and O–H groups in total. The minimum atomic E-state index is -0.0962. The Balaban J connectivity index is 1.08. The Kier molecular flexibility index (Phi) is 7.29. The number of hydrogen-bond donors (Lipinski definition) is 0. The normalized spacial score (nSPS) is 14.3. The molecule has 10 rings (SSSR count). The number of anilines is 3. The van der Waals surface area contributed by atoms with Crippen LogP contribution >= 0.6 is 0 Å². The van der Waals surface area contributed by atoms with Crippen molar-refractivity contribution in [3.63, 3.8) is 0 Å². The molecule has 0 unspecified atom stereocenters. The number of pyridine rings is 1. The Bertz CT molecular complexity index is 2750. The molecule has 0 bridgehead atoms. The Labute approximate surface area is 310 Å². The van der Waals surface area contributed by atoms with Crippen molar-refractivity contribution in [1.82, 2.24) is 9.55 Å². The molecule has 0 fully saturated rings. The standard InChI is InChI=1S/C50H39N3/c1-50(2)46-19-8-6-17-42(46)43-27-26-41(32-47(43)50)52(40-16-10-12-35(30-40)37-13-11-29-51-33-37)39-24-21-34(22-25-39)36-23-28-49-45(31-36)44-18-7-9-20-48(44)53(49)38-14-4-3-5-15-38/h3-4,6-14,16-33H,5,15H2,1-2H3. The molecule has 53 heavy (non-hydrogen) atoms. The number of fused-ring (bicyclic) bond motifs is 6. The van der Waals surface area contributed by atoms with Gasteiger partial charge >= 0.3 is 0 Å². The number of benzene rings is 6. The number of aromatic nitrogens is 2. The third-order valence-corrected chi connectivity index (χ3v) is 11.3. The van der Waals surface area contributed by atoms with Crippen molar-refractivity contribution >= 4 is 44.6 Å². The average molecular weight is 682 g/mol. The number of para-hydroxylation sites is 1. The van der Waals surface area contributed by atoms with Crippen LogP contribution in [0, 0.1) is 0 Å². The number of rotatable bonds is 6. The summed E-state index contributed by atoms with van der Waals surface area (Å²) in [4.78, 5) is 6.80. The predicted molar refractivity (Wildman–Crippen MR) is 223 cm³/mol. The van der Waals surface area contributed by atoms with E-state index in [2.05, 4.69) is 186 Å². The third kappa shape index (κ3) is 5.15. The van der Waals surface area contributed by atoms with E-state index in [1.165, 1.54) is 60.9 Å². The molecular weight excluding hydrogens is 643 g/mol. The number of allylic oxidation sites excluding steroid dienone is 4. The molecule has 2 heterocycles. The minimum absolute atomic E-state index is 0.0962. The maximum absolute atomic E-state index is 4.41. The van der Waals surface area contributed by atoms with E-state index in [9.17, 15) is 0 Å². The molecule has 0 aliphatic heterocycles. The van der Waals surface area contributed by atoms with Crippen LogP contribution in [0.2, 0.25) is 0 Å². The van der Waals surface area contributed by atoms with Crippen molar-refractivity contribution in [2.24, 2.45) is 0 Å². The molecule has 0 atom stereocenters. The van der Waals surface area contributed by atoms with Gasteiger partial charge in [0, 0.05) is 56.9 Å². The first-order valence-corrected chi connectivity index (χ1v) is 18.6. The van der Waals surface area contributed by atoms with Crippen LogP contribution in [0.4, 0.5) is 17.1 Å². The van der Waals surface area contributed by atoms with Crippen LogP contribution in [-0.4, -0.2) is 9.55 Å². The van der Waals surface area contributed by atoms with E-state index >= 15 is 0 Å². The maximum atomic E-state index is 4.41. The lowest BCUT2D eigenvalue weighted by atomic mass is 9.82. The average Bonchev–Trinajstić information content (AvgIpc) is 3.67. The summed E-state index contributed by atoms with van der Waals surface area (Å²) in [6.07, 6.45) is 12.6. The monoisotopic (exact) mass is 681 g/mol. The highest BCUT2D eigenvalue weighted by Crippen LogP contribution is 2.51. The second kappa shape index (κ2) is 12.4. The van der Waals surface area contributed by atoms with Gasteiger partial charge in [-0.25, -0.2) is 0 Å². The van der Waals surface area contributed by atoms with Gasteiger partial charge in [0.1, 0.15) is 0 Å². The van der Waals surface area contributed by atoms with Crippen LogP contribution in [0.5, 0.6) is 0 Å². The molecule has 0 saturated heterocycles. The second-order valence-electron chi connectivity index (χ2n) is 14.8. The van der Waals surface area contributed by atoms with Crippen LogP contribution < -0.4 is 4.90 Å². The second-order valence-corrected chi connectivity index (χ2v) is 14.8. The van der Waals surface area contributed by atoms with Crippen molar-refractivity contribution in [2.45, 2.75) is 32.1 Å². The summed E-state index contributed by atoms with van der Waals surface area (Å²) in [6, 6.07) is 53.6. The molecule has 0 saturated carbocycles. The van der Waals surface area contributed by atoms with Gasteiger partial charge in [0.2, 0.25) is 0 Å². The van der Waals surface area contributed by atoms with Gasteiger partial charge in [0.05, 0.1) is 11.0 Å². The zero-order valence-electron chi connectivity index (χ0n) is 30.0. The molecule has 0 spiro atoms. The highest BCUT2D eigenvalue weighted by molar-refractivity contribution is 6.11. The predicted octanol–water partition coefficient (Wildman–Crippen LogP) is 13.5. The van der Waals surface area contributed by atoms with Crippen LogP contribution in [0.3, 0.4) is 0 Å². The van der Waals surface area contributed by atoms with Crippen molar-refractivity contribution in [3.05, 3.63) is 187 Å². The molecular formula is C50H39N3. The molecule has 3 heteroatoms. The van der Waals surface area contributed by atoms with Gasteiger partial charge in [0.25, 0.3) is 0 Å². The van der Waals surface area contributed by atoms with E-state index in [1.807, 2.05) is 18.5 Å². The van der Waals surface area contributed by atoms with Gasteiger partial charge in [-0.05, 0) is 119 Å². The summed E-state index contributed by atoms with van der Waals surface area (Å²) in [5.74, 6) is 0. The fraction of sp³-hybridized carbons (Fsp3) is 0.100. The fourth-order valence-electron chi connectivity index (χ4n) is 8.68. The SMILES string of the molecule is CC1(C)c2ccccc2-c2ccc(N(c3ccc(-c4ccc5c(c4)c4ccccc4n5C4=CC=CCC4)cc3)c3cccc(-c4cccnc4)c3)cc21. The largest absolute Gasteiger partial charge is 0.313 e. The number of nitrogens with zero attached hydrogens (tertiary/aromatic N) is 3. The Hall–Kier alpha value is -6.45. The van der Waals surface area contributed by atoms with Gasteiger partial charge < -0.3 is 9.47 Å². The van der Waals surface area contributed by atoms with Gasteiger partial charge in [0.15, 0.2) is 0 Å². The third-order valence-electron chi connectivity index (χ3n) is 11.3. The summed E-state index contributed by atoms with van der Waals surface area (Å²) >= 11 is 0. The summed E-state index contributed by atoms with van der Waals surface area (Å²) in [5, 5.41) is 2.58. The van der Waals surface area contributed by atoms with Gasteiger partial charge in [-0.15, -0.1) is 0 Å². The van der Waals surface area contributed by atoms with E-state index < -0.39 is 0 Å². The van der Waals surface area contributed by atoms with E-state index in [0.29, 0.717) is 0 Å². The lowest BCUT2D eigenvalue weighted by Crippen LogP contribution is -2.16. The van der Waals surface area contributed by atoms with Gasteiger partial charge in [-0.2, -0.15) is 0 Å². The van der Waals surface area contributed by atoms with Crippen molar-refractivity contribution in [2.75, 3.05) is 4.90 Å². The lowest BCUT2D eigenvalue weighted by molar-refractivity contribution is 0.660. The molecule has 0 amide bonds. The van der Waals surface area contributed by atoms with Gasteiger partial charge in [-0.1, -0.05) is 111 Å². The van der Waals surface area contributed by atoms with Crippen molar-refractivity contribution < 1.29 is 0 Å². The quantitative estimate of drug-likeness (QED) is 0.174. The van der Waals surface area contributed by atoms with E-state index in [0.717, 1.165) is 41.0 Å². The highest BCUT2D eigenvalue weighted by Gasteiger charge is 2.35. The first kappa shape index (κ1) is 31.3. The smallest absolute Gasteiger partial charge is 0.0538 e. The highest BCUT2D eigenvalue weighted by atomic mass is 15.1.